The molecule has 0 bridgehead atoms. The number of carbonyl (C=O) groups excluding carboxylic acids is 1. The first-order valence-corrected chi connectivity index (χ1v) is 3.05. The number of hydrogen-bond donors (Lipinski definition) is 0. The van der Waals surface area contributed by atoms with Crippen LogP contribution in [-0.4, -0.2) is 17.6 Å². The van der Waals surface area contributed by atoms with E-state index in [0.717, 1.165) is 6.07 Å². The molecule has 1 rings (SSSR count). The standard InChI is InChI=1S/C7H8FNO2/c1-9-4-5(3-6(9)8)7(10)11-2/h3-4H,1-2H3. The van der Waals surface area contributed by atoms with Crippen LogP contribution in [0.3, 0.4) is 0 Å². The fourth-order valence-corrected chi connectivity index (χ4v) is 0.767. The molecule has 1 aromatic rings. The van der Waals surface area contributed by atoms with Crippen molar-refractivity contribution in [3.63, 3.8) is 0 Å². The summed E-state index contributed by atoms with van der Waals surface area (Å²) in [6.45, 7) is 0. The molecule has 11 heavy (non-hydrogen) atoms. The zero-order valence-corrected chi connectivity index (χ0v) is 6.30. The molecule has 1 aromatic heterocycles. The molecule has 0 aliphatic heterocycles. The number of esters is 1. The van der Waals surface area contributed by atoms with Gasteiger partial charge in [-0.05, 0) is 0 Å². The van der Waals surface area contributed by atoms with Gasteiger partial charge in [-0.15, -0.1) is 0 Å². The summed E-state index contributed by atoms with van der Waals surface area (Å²) in [5, 5.41) is 0. The first-order chi connectivity index (χ1) is 5.15. The van der Waals surface area contributed by atoms with Crippen LogP contribution in [0.5, 0.6) is 0 Å². The minimum Gasteiger partial charge on any atom is -0.465 e. The lowest BCUT2D eigenvalue weighted by Gasteiger charge is -1.91. The summed E-state index contributed by atoms with van der Waals surface area (Å²) in [4.78, 5) is 10.8. The highest BCUT2D eigenvalue weighted by Crippen LogP contribution is 2.05. The van der Waals surface area contributed by atoms with Crippen LogP contribution in [-0.2, 0) is 11.8 Å². The van der Waals surface area contributed by atoms with Gasteiger partial charge in [0.25, 0.3) is 0 Å². The topological polar surface area (TPSA) is 31.2 Å². The number of rotatable bonds is 1. The van der Waals surface area contributed by atoms with Gasteiger partial charge in [0.05, 0.1) is 12.7 Å². The maximum Gasteiger partial charge on any atom is 0.339 e. The molecule has 60 valence electrons. The van der Waals surface area contributed by atoms with E-state index in [9.17, 15) is 9.18 Å². The van der Waals surface area contributed by atoms with Crippen LogP contribution < -0.4 is 0 Å². The highest BCUT2D eigenvalue weighted by atomic mass is 19.1. The van der Waals surface area contributed by atoms with Crippen molar-refractivity contribution in [3.8, 4) is 0 Å². The smallest absolute Gasteiger partial charge is 0.339 e. The number of carbonyl (C=O) groups is 1. The Morgan fingerprint density at radius 1 is 1.73 bits per heavy atom. The minimum atomic E-state index is -0.524. The summed E-state index contributed by atoms with van der Waals surface area (Å²) < 4.78 is 18.2. The number of methoxy groups -OCH3 is 1. The van der Waals surface area contributed by atoms with Crippen molar-refractivity contribution >= 4 is 5.97 Å². The van der Waals surface area contributed by atoms with E-state index >= 15 is 0 Å². The number of aryl methyl sites for hydroxylation is 1. The van der Waals surface area contributed by atoms with E-state index in [1.165, 1.54) is 24.9 Å². The van der Waals surface area contributed by atoms with Gasteiger partial charge in [-0.25, -0.2) is 4.79 Å². The van der Waals surface area contributed by atoms with Crippen LogP contribution in [0.2, 0.25) is 0 Å². The molecule has 0 atom stereocenters. The Bertz CT molecular complexity index is 260. The van der Waals surface area contributed by atoms with Gasteiger partial charge >= 0.3 is 5.97 Å². The molecule has 0 unspecified atom stereocenters. The number of ether oxygens (including phenoxy) is 1. The summed E-state index contributed by atoms with van der Waals surface area (Å²) in [6, 6.07) is 1.13. The molecule has 3 nitrogen and oxygen atoms in total. The van der Waals surface area contributed by atoms with Crippen LogP contribution >= 0.6 is 0 Å². The van der Waals surface area contributed by atoms with Crippen molar-refractivity contribution in [1.82, 2.24) is 4.57 Å². The average molecular weight is 157 g/mol. The molecule has 0 aliphatic rings. The molecule has 0 radical (unpaired) electrons. The summed E-state index contributed by atoms with van der Waals surface area (Å²) >= 11 is 0. The normalized spacial score (nSPS) is 9.73. The van der Waals surface area contributed by atoms with Gasteiger partial charge in [-0.3, -0.25) is 0 Å². The third-order valence-electron chi connectivity index (χ3n) is 1.37. The van der Waals surface area contributed by atoms with Crippen molar-refractivity contribution in [1.29, 1.82) is 0 Å². The zero-order valence-electron chi connectivity index (χ0n) is 6.30. The molecule has 0 spiro atoms. The second kappa shape index (κ2) is 2.74. The maximum atomic E-state index is 12.6. The van der Waals surface area contributed by atoms with Gasteiger partial charge < -0.3 is 9.30 Å². The van der Waals surface area contributed by atoms with Crippen LogP contribution in [0.25, 0.3) is 0 Å². The second-order valence-electron chi connectivity index (χ2n) is 2.15. The van der Waals surface area contributed by atoms with Gasteiger partial charge in [-0.1, -0.05) is 0 Å². The summed E-state index contributed by atoms with van der Waals surface area (Å²) in [6.07, 6.45) is 1.38. The largest absolute Gasteiger partial charge is 0.465 e. The van der Waals surface area contributed by atoms with Crippen molar-refractivity contribution in [2.45, 2.75) is 0 Å². The van der Waals surface area contributed by atoms with Crippen molar-refractivity contribution in [2.24, 2.45) is 7.05 Å². The Morgan fingerprint density at radius 3 is 2.73 bits per heavy atom. The SMILES string of the molecule is COC(=O)c1cc(F)n(C)c1. The van der Waals surface area contributed by atoms with Crippen LogP contribution in [0.4, 0.5) is 4.39 Å². The lowest BCUT2D eigenvalue weighted by atomic mass is 10.3. The van der Waals surface area contributed by atoms with Gasteiger partial charge in [0.15, 0.2) is 5.95 Å². The van der Waals surface area contributed by atoms with Gasteiger partial charge in [0.1, 0.15) is 0 Å². The fraction of sp³-hybridized carbons (Fsp3) is 0.286. The van der Waals surface area contributed by atoms with Gasteiger partial charge in [0, 0.05) is 19.3 Å². The lowest BCUT2D eigenvalue weighted by Crippen LogP contribution is -1.98. The van der Waals surface area contributed by atoms with Crippen LogP contribution in [0, 0.1) is 5.95 Å². The molecule has 1 heterocycles. The monoisotopic (exact) mass is 157 g/mol. The first-order valence-electron chi connectivity index (χ1n) is 3.05. The summed E-state index contributed by atoms with van der Waals surface area (Å²) in [5.74, 6) is -0.977. The molecule has 0 aliphatic carbocycles. The Labute approximate surface area is 63.4 Å². The highest BCUT2D eigenvalue weighted by Gasteiger charge is 2.09. The predicted molar refractivity (Wildman–Crippen MR) is 36.7 cm³/mol. The van der Waals surface area contributed by atoms with E-state index in [2.05, 4.69) is 4.74 Å². The number of nitrogens with zero attached hydrogens (tertiary/aromatic N) is 1. The number of hydrogen-bond acceptors (Lipinski definition) is 2. The Hall–Kier alpha value is -1.32. The summed E-state index contributed by atoms with van der Waals surface area (Å²) in [5.41, 5.74) is 0.229. The molecule has 0 amide bonds. The molecule has 4 heteroatoms. The Kier molecular flexibility index (Phi) is 1.94. The molecule has 0 aromatic carbocycles. The molecule has 0 N–H and O–H groups in total. The number of aromatic nitrogens is 1. The van der Waals surface area contributed by atoms with E-state index in [0.29, 0.717) is 0 Å². The quantitative estimate of drug-likeness (QED) is 0.568. The summed E-state index contributed by atoms with van der Waals surface area (Å²) in [7, 11) is 2.77. The van der Waals surface area contributed by atoms with E-state index in [4.69, 9.17) is 0 Å². The maximum absolute atomic E-state index is 12.6. The highest BCUT2D eigenvalue weighted by molar-refractivity contribution is 5.89. The molecular formula is C7H8FNO2. The lowest BCUT2D eigenvalue weighted by molar-refractivity contribution is 0.0600. The first kappa shape index (κ1) is 7.78. The molecule has 0 saturated heterocycles. The van der Waals surface area contributed by atoms with E-state index in [1.807, 2.05) is 0 Å². The fourth-order valence-electron chi connectivity index (χ4n) is 0.767. The zero-order chi connectivity index (χ0) is 8.43. The van der Waals surface area contributed by atoms with Crippen LogP contribution in [0.15, 0.2) is 12.3 Å². The molecule has 0 fully saturated rings. The van der Waals surface area contributed by atoms with Gasteiger partial charge in [0.2, 0.25) is 0 Å². The third-order valence-corrected chi connectivity index (χ3v) is 1.37. The van der Waals surface area contributed by atoms with E-state index < -0.39 is 11.9 Å². The van der Waals surface area contributed by atoms with E-state index in [-0.39, 0.29) is 5.56 Å². The minimum absolute atomic E-state index is 0.229. The Morgan fingerprint density at radius 2 is 2.36 bits per heavy atom. The van der Waals surface area contributed by atoms with Crippen molar-refractivity contribution in [2.75, 3.05) is 7.11 Å². The Balaban J connectivity index is 2.97. The van der Waals surface area contributed by atoms with Crippen molar-refractivity contribution < 1.29 is 13.9 Å². The van der Waals surface area contributed by atoms with E-state index in [1.54, 1.807) is 0 Å². The number of halogens is 1. The molecular weight excluding hydrogens is 149 g/mol. The average Bonchev–Trinajstić information content (AvgIpc) is 2.31. The van der Waals surface area contributed by atoms with Gasteiger partial charge in [-0.2, -0.15) is 4.39 Å². The van der Waals surface area contributed by atoms with Crippen LogP contribution in [0.1, 0.15) is 10.4 Å². The van der Waals surface area contributed by atoms with Crippen molar-refractivity contribution in [3.05, 3.63) is 23.8 Å². The molecule has 0 saturated carbocycles. The second-order valence-corrected chi connectivity index (χ2v) is 2.15. The predicted octanol–water partition coefficient (Wildman–Crippen LogP) is 0.951. The third kappa shape index (κ3) is 1.39.